The summed E-state index contributed by atoms with van der Waals surface area (Å²) in [6.45, 7) is 7.49. The second-order valence-corrected chi connectivity index (χ2v) is 11.8. The van der Waals surface area contributed by atoms with E-state index >= 15 is 0 Å². The maximum absolute atomic E-state index is 10.7. The highest BCUT2D eigenvalue weighted by atomic mass is 16.4. The highest BCUT2D eigenvalue weighted by Crippen LogP contribution is 2.40. The van der Waals surface area contributed by atoms with E-state index in [9.17, 15) is 24.0 Å². The van der Waals surface area contributed by atoms with E-state index in [0.717, 1.165) is 55.3 Å². The summed E-state index contributed by atoms with van der Waals surface area (Å²) in [4.78, 5) is 48.4. The Balaban J connectivity index is 0. The molecule has 3 aliphatic carbocycles. The Morgan fingerprint density at radius 1 is 0.643 bits per heavy atom. The third-order valence-corrected chi connectivity index (χ3v) is 7.98. The second kappa shape index (κ2) is 25.0. The molecule has 12 nitrogen and oxygen atoms in total. The molecule has 10 N–H and O–H groups in total. The molecule has 0 saturated heterocycles. The molecule has 246 valence electrons. The van der Waals surface area contributed by atoms with E-state index in [1.54, 1.807) is 0 Å². The minimum absolute atomic E-state index is 0.250. The van der Waals surface area contributed by atoms with Crippen molar-refractivity contribution >= 4 is 29.7 Å². The molecule has 0 aliphatic heterocycles. The number of aliphatic carboxylic acids is 4. The maximum Gasteiger partial charge on any atom is 0.314 e. The first-order valence-corrected chi connectivity index (χ1v) is 15.2. The average Bonchev–Trinajstić information content (AvgIpc) is 3.11. The predicted molar refractivity (Wildman–Crippen MR) is 160 cm³/mol. The van der Waals surface area contributed by atoms with Gasteiger partial charge in [0.05, 0.1) is 0 Å². The summed E-state index contributed by atoms with van der Waals surface area (Å²) >= 11 is 0. The number of carboxylic acid groups (broad SMARTS) is 4. The van der Waals surface area contributed by atoms with Gasteiger partial charge >= 0.3 is 23.9 Å². The topological polar surface area (TPSA) is 244 Å². The van der Waals surface area contributed by atoms with E-state index in [2.05, 4.69) is 32.2 Å². The van der Waals surface area contributed by atoms with Crippen LogP contribution in [0.3, 0.4) is 0 Å². The van der Waals surface area contributed by atoms with E-state index < -0.39 is 36.7 Å². The SMILES string of the molecule is CC1CCC(CC2CCC(N)C(C)C2)CC1C.NCN.O=C(O)CC(=O)O.O=C(O)CC(=O)O.O=C1CCCCCC1. The molecule has 12 heteroatoms. The number of rotatable bonds is 6. The fraction of sp³-hybridized carbons (Fsp3) is 0.833. The Bertz CT molecular complexity index is 710. The zero-order chi connectivity index (χ0) is 32.7. The van der Waals surface area contributed by atoms with Gasteiger partial charge in [-0.3, -0.25) is 24.0 Å². The summed E-state index contributed by atoms with van der Waals surface area (Å²) in [5.74, 6) is -0.0960. The highest BCUT2D eigenvalue weighted by Gasteiger charge is 2.30. The lowest BCUT2D eigenvalue weighted by atomic mass is 9.69. The van der Waals surface area contributed by atoms with Gasteiger partial charge in [-0.1, -0.05) is 46.5 Å². The highest BCUT2D eigenvalue weighted by molar-refractivity contribution is 5.89. The Morgan fingerprint density at radius 3 is 1.36 bits per heavy atom. The molecule has 0 radical (unpaired) electrons. The van der Waals surface area contributed by atoms with Crippen LogP contribution in [0.25, 0.3) is 0 Å². The predicted octanol–water partition coefficient (Wildman–Crippen LogP) is 4.07. The summed E-state index contributed by atoms with van der Waals surface area (Å²) in [5, 5.41) is 30.8. The van der Waals surface area contributed by atoms with E-state index in [0.29, 0.717) is 11.8 Å². The first-order chi connectivity index (χ1) is 19.6. The quantitative estimate of drug-likeness (QED) is 0.129. The fourth-order valence-electron chi connectivity index (χ4n) is 5.47. The molecule has 3 fully saturated rings. The molecule has 0 bridgehead atoms. The van der Waals surface area contributed by atoms with Crippen molar-refractivity contribution in [2.45, 2.75) is 123 Å². The second-order valence-electron chi connectivity index (χ2n) is 11.8. The van der Waals surface area contributed by atoms with Gasteiger partial charge in [0, 0.05) is 25.6 Å². The number of Topliss-reactive ketones (excluding diaryl/α,β-unsaturated/α-hetero) is 1. The van der Waals surface area contributed by atoms with Gasteiger partial charge in [-0.25, -0.2) is 0 Å². The van der Waals surface area contributed by atoms with Crippen molar-refractivity contribution in [1.82, 2.24) is 0 Å². The summed E-state index contributed by atoms with van der Waals surface area (Å²) in [7, 11) is 0. The molecule has 0 aromatic carbocycles. The summed E-state index contributed by atoms with van der Waals surface area (Å²) in [6, 6.07) is 0.483. The molecule has 3 rings (SSSR count). The monoisotopic (exact) mass is 603 g/mol. The standard InChI is InChI=1S/C16H31N.C7H12O.2C3H4O4.CH6N2/c1-11-4-5-14(8-12(11)2)10-15-6-7-16(17)13(3)9-15;8-7-5-3-1-2-4-6-7;2*4-2(5)1-3(6)7;2-1-3/h11-16H,4-10,17H2,1-3H3;1-6H2;2*1H2,(H,4,5)(H,6,7);1-3H2. The van der Waals surface area contributed by atoms with Gasteiger partial charge in [0.15, 0.2) is 0 Å². The van der Waals surface area contributed by atoms with Gasteiger partial charge in [-0.2, -0.15) is 0 Å². The van der Waals surface area contributed by atoms with Crippen LogP contribution in [0.2, 0.25) is 0 Å². The zero-order valence-corrected chi connectivity index (χ0v) is 25.8. The van der Waals surface area contributed by atoms with Crippen molar-refractivity contribution in [3.63, 3.8) is 0 Å². The zero-order valence-electron chi connectivity index (χ0n) is 25.8. The van der Waals surface area contributed by atoms with Crippen LogP contribution in [0.15, 0.2) is 0 Å². The molecule has 0 heterocycles. The lowest BCUT2D eigenvalue weighted by molar-refractivity contribution is -0.149. The van der Waals surface area contributed by atoms with Gasteiger partial charge < -0.3 is 37.6 Å². The molecule has 42 heavy (non-hydrogen) atoms. The summed E-state index contributed by atoms with van der Waals surface area (Å²) < 4.78 is 0. The van der Waals surface area contributed by atoms with Crippen molar-refractivity contribution in [2.75, 3.05) is 6.67 Å². The van der Waals surface area contributed by atoms with Gasteiger partial charge in [0.2, 0.25) is 0 Å². The minimum atomic E-state index is -1.31. The first kappa shape index (κ1) is 41.6. The van der Waals surface area contributed by atoms with E-state index in [4.69, 9.17) is 26.2 Å². The smallest absolute Gasteiger partial charge is 0.314 e. The molecule has 0 spiro atoms. The van der Waals surface area contributed by atoms with E-state index in [1.165, 1.54) is 57.8 Å². The Kier molecular flexibility index (Phi) is 24.7. The molecule has 0 aromatic rings. The lowest BCUT2D eigenvalue weighted by Crippen LogP contribution is -2.35. The number of nitrogens with two attached hydrogens (primary N) is 3. The van der Waals surface area contributed by atoms with Crippen molar-refractivity contribution < 1.29 is 44.4 Å². The van der Waals surface area contributed by atoms with Crippen LogP contribution in [-0.2, 0) is 24.0 Å². The van der Waals surface area contributed by atoms with Crippen LogP contribution in [0.5, 0.6) is 0 Å². The Labute approximate surface area is 250 Å². The molecule has 3 saturated carbocycles. The van der Waals surface area contributed by atoms with Crippen LogP contribution in [0, 0.1) is 29.6 Å². The van der Waals surface area contributed by atoms with Crippen LogP contribution >= 0.6 is 0 Å². The van der Waals surface area contributed by atoms with Crippen molar-refractivity contribution in [2.24, 2.45) is 46.8 Å². The average molecular weight is 604 g/mol. The van der Waals surface area contributed by atoms with E-state index in [1.807, 2.05) is 0 Å². The van der Waals surface area contributed by atoms with Crippen molar-refractivity contribution in [3.8, 4) is 0 Å². The molecule has 0 amide bonds. The third kappa shape index (κ3) is 25.2. The van der Waals surface area contributed by atoms with Crippen molar-refractivity contribution in [3.05, 3.63) is 0 Å². The van der Waals surface area contributed by atoms with Crippen LogP contribution in [0.4, 0.5) is 0 Å². The van der Waals surface area contributed by atoms with Crippen LogP contribution < -0.4 is 17.2 Å². The summed E-state index contributed by atoms with van der Waals surface area (Å²) in [6.07, 6.45) is 14.9. The molecule has 3 aliphatic rings. The van der Waals surface area contributed by atoms with Crippen LogP contribution in [0.1, 0.15) is 117 Å². The van der Waals surface area contributed by atoms with Crippen molar-refractivity contribution in [1.29, 1.82) is 0 Å². The van der Waals surface area contributed by atoms with Crippen LogP contribution in [-0.4, -0.2) is 62.8 Å². The lowest BCUT2D eigenvalue weighted by Gasteiger charge is -2.37. The van der Waals surface area contributed by atoms with Gasteiger partial charge in [-0.05, 0) is 74.5 Å². The number of hydrogen-bond acceptors (Lipinski definition) is 8. The minimum Gasteiger partial charge on any atom is -0.481 e. The van der Waals surface area contributed by atoms with Gasteiger partial charge in [0.1, 0.15) is 18.6 Å². The first-order valence-electron chi connectivity index (χ1n) is 15.2. The number of ketones is 1. The molecular formula is C30H57N3O9. The van der Waals surface area contributed by atoms with Gasteiger partial charge in [0.25, 0.3) is 0 Å². The normalized spacial score (nSPS) is 26.9. The number of carbonyl (C=O) groups is 5. The molecule has 6 unspecified atom stereocenters. The number of hydrogen-bond donors (Lipinski definition) is 7. The summed E-state index contributed by atoms with van der Waals surface area (Å²) in [5.41, 5.74) is 15.4. The number of carbonyl (C=O) groups excluding carboxylic acids is 1. The molecular weight excluding hydrogens is 546 g/mol. The molecule has 6 atom stereocenters. The fourth-order valence-corrected chi connectivity index (χ4v) is 5.47. The Morgan fingerprint density at radius 2 is 1.02 bits per heavy atom. The van der Waals surface area contributed by atoms with Gasteiger partial charge in [-0.15, -0.1) is 0 Å². The Hall–Kier alpha value is -2.57. The largest absolute Gasteiger partial charge is 0.481 e. The third-order valence-electron chi connectivity index (χ3n) is 7.98. The molecule has 0 aromatic heterocycles. The number of carboxylic acids is 4. The maximum atomic E-state index is 10.7. The van der Waals surface area contributed by atoms with E-state index in [-0.39, 0.29) is 6.67 Å².